The van der Waals surface area contributed by atoms with Crippen LogP contribution in [0.25, 0.3) is 0 Å². The Morgan fingerprint density at radius 2 is 1.51 bits per heavy atom. The number of benzene rings is 2. The third-order valence-corrected chi connectivity index (χ3v) is 8.13. The van der Waals surface area contributed by atoms with Crippen LogP contribution in [-0.4, -0.2) is 61.2 Å². The first-order chi connectivity index (χ1) is 19.1. The van der Waals surface area contributed by atoms with E-state index in [-0.39, 0.29) is 30.7 Å². The zero-order valence-electron chi connectivity index (χ0n) is 23.1. The van der Waals surface area contributed by atoms with Crippen LogP contribution in [0.5, 0.6) is 0 Å². The summed E-state index contributed by atoms with van der Waals surface area (Å²) in [7, 11) is 0. The van der Waals surface area contributed by atoms with Crippen molar-refractivity contribution in [3.63, 3.8) is 0 Å². The number of quaternary nitrogens is 1. The van der Waals surface area contributed by atoms with E-state index in [4.69, 9.17) is 9.47 Å². The maximum Gasteiger partial charge on any atom is 0.416 e. The SMILES string of the molecule is CC(C)N1CC[N+]([O-])(C[C@@H]2CCO[C@H](O[C@H](C)c3cc(C(F)(F)F)cc(C(F)(F)F)c3)[C@H]2c2ccc(F)cc2)CC1. The number of hydroxylamine groups is 3. The smallest absolute Gasteiger partial charge is 0.416 e. The van der Waals surface area contributed by atoms with E-state index in [2.05, 4.69) is 18.7 Å². The van der Waals surface area contributed by atoms with E-state index in [1.165, 1.54) is 19.1 Å². The van der Waals surface area contributed by atoms with Gasteiger partial charge >= 0.3 is 12.4 Å². The lowest BCUT2D eigenvalue weighted by Gasteiger charge is -2.52. The van der Waals surface area contributed by atoms with Gasteiger partial charge in [0.1, 0.15) is 5.82 Å². The first-order valence-electron chi connectivity index (χ1n) is 13.7. The molecule has 2 aromatic rings. The Bertz CT molecular complexity index is 1130. The lowest BCUT2D eigenvalue weighted by atomic mass is 9.81. The highest BCUT2D eigenvalue weighted by molar-refractivity contribution is 5.35. The summed E-state index contributed by atoms with van der Waals surface area (Å²) in [5.74, 6) is -1.35. The normalized spacial score (nSPS) is 24.9. The average molecular weight is 593 g/mol. The molecule has 2 heterocycles. The molecule has 4 atom stereocenters. The van der Waals surface area contributed by atoms with Crippen LogP contribution >= 0.6 is 0 Å². The molecule has 0 saturated carbocycles. The summed E-state index contributed by atoms with van der Waals surface area (Å²) in [6, 6.07) is 7.26. The van der Waals surface area contributed by atoms with Crippen molar-refractivity contribution in [3.05, 3.63) is 75.7 Å². The molecule has 2 fully saturated rings. The fourth-order valence-corrected chi connectivity index (χ4v) is 5.75. The van der Waals surface area contributed by atoms with Gasteiger partial charge in [-0.2, -0.15) is 26.3 Å². The van der Waals surface area contributed by atoms with E-state index in [0.29, 0.717) is 56.3 Å². The van der Waals surface area contributed by atoms with Crippen molar-refractivity contribution in [2.45, 2.75) is 63.9 Å². The Balaban J connectivity index is 1.62. The van der Waals surface area contributed by atoms with E-state index in [0.717, 1.165) is 0 Å². The van der Waals surface area contributed by atoms with Gasteiger partial charge in [0, 0.05) is 31.0 Å². The number of hydrogen-bond acceptors (Lipinski definition) is 4. The van der Waals surface area contributed by atoms with E-state index < -0.39 is 52.3 Å². The van der Waals surface area contributed by atoms with E-state index in [1.807, 2.05) is 0 Å². The summed E-state index contributed by atoms with van der Waals surface area (Å²) < 4.78 is 106. The van der Waals surface area contributed by atoms with Gasteiger partial charge in [0.25, 0.3) is 0 Å². The maximum atomic E-state index is 13.8. The second-order valence-electron chi connectivity index (χ2n) is 11.3. The zero-order chi connectivity index (χ0) is 30.2. The van der Waals surface area contributed by atoms with Gasteiger partial charge in [-0.3, -0.25) is 4.90 Å². The van der Waals surface area contributed by atoms with Crippen LogP contribution in [-0.2, 0) is 21.8 Å². The minimum atomic E-state index is -5.00. The van der Waals surface area contributed by atoms with Crippen LogP contribution in [0.2, 0.25) is 0 Å². The number of ether oxygens (including phenoxy) is 2. The quantitative estimate of drug-likeness (QED) is 0.195. The topological polar surface area (TPSA) is 44.8 Å². The molecule has 2 aliphatic rings. The van der Waals surface area contributed by atoms with Crippen molar-refractivity contribution < 1.29 is 44.9 Å². The molecular formula is C29H35F7N2O3. The number of piperazine rings is 1. The number of rotatable bonds is 7. The molecule has 0 bridgehead atoms. The van der Waals surface area contributed by atoms with Crippen LogP contribution in [0.15, 0.2) is 42.5 Å². The summed E-state index contributed by atoms with van der Waals surface area (Å²) in [5.41, 5.74) is -2.57. The fourth-order valence-electron chi connectivity index (χ4n) is 5.75. The molecule has 41 heavy (non-hydrogen) atoms. The molecule has 0 spiro atoms. The highest BCUT2D eigenvalue weighted by Crippen LogP contribution is 2.42. The summed E-state index contributed by atoms with van der Waals surface area (Å²) >= 11 is 0. The molecule has 2 aromatic carbocycles. The minimum Gasteiger partial charge on any atom is -0.633 e. The van der Waals surface area contributed by atoms with E-state index >= 15 is 0 Å². The number of nitrogens with zero attached hydrogens (tertiary/aromatic N) is 2. The number of alkyl halides is 6. The molecule has 0 aromatic heterocycles. The van der Waals surface area contributed by atoms with Crippen LogP contribution in [0.4, 0.5) is 30.7 Å². The second-order valence-corrected chi connectivity index (χ2v) is 11.3. The molecular weight excluding hydrogens is 557 g/mol. The molecule has 0 N–H and O–H groups in total. The largest absolute Gasteiger partial charge is 0.633 e. The number of hydrogen-bond donors (Lipinski definition) is 0. The highest BCUT2D eigenvalue weighted by atomic mass is 19.4. The van der Waals surface area contributed by atoms with Crippen molar-refractivity contribution in [1.82, 2.24) is 4.90 Å². The minimum absolute atomic E-state index is 0.0703. The third-order valence-electron chi connectivity index (χ3n) is 8.13. The standard InChI is InChI=1S/C29H35F7N2O3/c1-18(2)37-9-11-38(39,12-10-37)17-21-8-13-40-27(26(21)20-4-6-25(30)7-5-20)41-19(3)22-14-23(28(31,32)33)16-24(15-22)29(34,35)36/h4-7,14-16,18-19,21,26-27H,8-13,17H2,1-3H3/t19-,21+,26+,27-/m1/s1. The predicted molar refractivity (Wildman–Crippen MR) is 138 cm³/mol. The van der Waals surface area contributed by atoms with Gasteiger partial charge in [0.2, 0.25) is 0 Å². The summed E-state index contributed by atoms with van der Waals surface area (Å²) in [6.07, 6.45) is -11.8. The van der Waals surface area contributed by atoms with Gasteiger partial charge in [0.15, 0.2) is 6.29 Å². The first-order valence-corrected chi connectivity index (χ1v) is 13.7. The van der Waals surface area contributed by atoms with Crippen molar-refractivity contribution >= 4 is 0 Å². The van der Waals surface area contributed by atoms with Crippen molar-refractivity contribution in [3.8, 4) is 0 Å². The second kappa shape index (κ2) is 12.2. The molecule has 0 radical (unpaired) electrons. The maximum absolute atomic E-state index is 13.8. The van der Waals surface area contributed by atoms with Crippen molar-refractivity contribution in [1.29, 1.82) is 0 Å². The summed E-state index contributed by atoms with van der Waals surface area (Å²) in [5, 5.41) is 13.8. The lowest BCUT2D eigenvalue weighted by Crippen LogP contribution is -2.59. The fraction of sp³-hybridized carbons (Fsp3) is 0.586. The van der Waals surface area contributed by atoms with Gasteiger partial charge in [-0.1, -0.05) is 12.1 Å². The summed E-state index contributed by atoms with van der Waals surface area (Å²) in [4.78, 5) is 2.23. The average Bonchev–Trinajstić information content (AvgIpc) is 2.88. The Morgan fingerprint density at radius 3 is 2.02 bits per heavy atom. The molecule has 228 valence electrons. The first kappa shape index (κ1) is 31.7. The third kappa shape index (κ3) is 7.78. The van der Waals surface area contributed by atoms with E-state index in [1.54, 1.807) is 12.1 Å². The molecule has 0 unspecified atom stereocenters. The Labute approximate surface area is 235 Å². The van der Waals surface area contributed by atoms with Gasteiger partial charge in [-0.25, -0.2) is 4.39 Å². The molecule has 0 aliphatic carbocycles. The van der Waals surface area contributed by atoms with Crippen LogP contribution in [0.1, 0.15) is 61.5 Å². The van der Waals surface area contributed by atoms with E-state index in [9.17, 15) is 35.9 Å². The molecule has 12 heteroatoms. The van der Waals surface area contributed by atoms with Crippen LogP contribution in [0, 0.1) is 16.9 Å². The molecule has 4 rings (SSSR count). The zero-order valence-corrected chi connectivity index (χ0v) is 23.1. The molecule has 0 amide bonds. The van der Waals surface area contributed by atoms with Crippen LogP contribution in [0.3, 0.4) is 0 Å². The lowest BCUT2D eigenvalue weighted by molar-refractivity contribution is -0.889. The molecule has 2 saturated heterocycles. The van der Waals surface area contributed by atoms with Crippen LogP contribution < -0.4 is 0 Å². The van der Waals surface area contributed by atoms with Gasteiger partial charge in [0.05, 0.1) is 43.5 Å². The van der Waals surface area contributed by atoms with Gasteiger partial charge < -0.3 is 19.3 Å². The Morgan fingerprint density at radius 1 is 0.951 bits per heavy atom. The molecule has 5 nitrogen and oxygen atoms in total. The van der Waals surface area contributed by atoms with Gasteiger partial charge in [-0.15, -0.1) is 0 Å². The highest BCUT2D eigenvalue weighted by Gasteiger charge is 2.42. The predicted octanol–water partition coefficient (Wildman–Crippen LogP) is 7.13. The summed E-state index contributed by atoms with van der Waals surface area (Å²) in [6.45, 7) is 7.96. The Hall–Kier alpha value is -2.25. The molecule has 2 aliphatic heterocycles. The monoisotopic (exact) mass is 592 g/mol. The Kier molecular flexibility index (Phi) is 9.40. The van der Waals surface area contributed by atoms with Crippen molar-refractivity contribution in [2.24, 2.45) is 5.92 Å². The van der Waals surface area contributed by atoms with Gasteiger partial charge in [-0.05, 0) is 68.7 Å². The number of halogens is 7. The van der Waals surface area contributed by atoms with Crippen molar-refractivity contribution in [2.75, 3.05) is 39.3 Å².